The molecule has 1 N–H and O–H groups in total. The number of azo groups is 1. The minimum atomic E-state index is -0.499. The van der Waals surface area contributed by atoms with Crippen molar-refractivity contribution in [2.45, 2.75) is 26.2 Å². The molecule has 170 valence electrons. The molecule has 0 saturated heterocycles. The number of hydrogen-bond donors (Lipinski definition) is 1. The molecule has 11 heteroatoms. The molecule has 0 spiro atoms. The predicted molar refractivity (Wildman–Crippen MR) is 128 cm³/mol. The van der Waals surface area contributed by atoms with Crippen molar-refractivity contribution in [1.82, 2.24) is 14.8 Å². The second kappa shape index (κ2) is 8.84. The molecule has 0 bridgehead atoms. The van der Waals surface area contributed by atoms with E-state index in [1.165, 1.54) is 40.3 Å². The van der Waals surface area contributed by atoms with Crippen LogP contribution >= 0.6 is 11.3 Å². The van der Waals surface area contributed by atoms with E-state index in [-0.39, 0.29) is 16.8 Å². The number of nitrogens with zero attached hydrogens (tertiary/aromatic N) is 6. The van der Waals surface area contributed by atoms with Gasteiger partial charge in [0.1, 0.15) is 11.8 Å². The van der Waals surface area contributed by atoms with Crippen molar-refractivity contribution in [2.24, 2.45) is 10.2 Å². The van der Waals surface area contributed by atoms with Gasteiger partial charge in [0.2, 0.25) is 5.13 Å². The van der Waals surface area contributed by atoms with Crippen molar-refractivity contribution in [1.29, 1.82) is 5.26 Å². The normalized spacial score (nSPS) is 11.6. The van der Waals surface area contributed by atoms with Gasteiger partial charge in [-0.1, -0.05) is 32.9 Å². The molecule has 0 radical (unpaired) electrons. The van der Waals surface area contributed by atoms with Crippen LogP contribution in [0, 0.1) is 21.4 Å². The number of nitro groups is 1. The molecule has 0 atom stereocenters. The lowest BCUT2D eigenvalue weighted by atomic mass is 9.93. The van der Waals surface area contributed by atoms with Gasteiger partial charge in [-0.05, 0) is 24.3 Å². The number of aromatic nitrogens is 3. The fraction of sp³-hybridized carbons (Fsp3) is 0.174. The Morgan fingerprint density at radius 2 is 1.85 bits per heavy atom. The van der Waals surface area contributed by atoms with Crippen LogP contribution in [0.15, 0.2) is 68.9 Å². The average molecular weight is 474 g/mol. The number of nitro benzene ring substituents is 1. The van der Waals surface area contributed by atoms with Gasteiger partial charge >= 0.3 is 5.56 Å². The number of thiazole rings is 1. The monoisotopic (exact) mass is 473 g/mol. The molecule has 4 rings (SSSR count). The van der Waals surface area contributed by atoms with Crippen molar-refractivity contribution in [2.75, 3.05) is 0 Å². The number of non-ortho nitro benzene ring substituents is 1. The minimum Gasteiger partial charge on any atom is -0.286 e. The molecule has 0 unspecified atom stereocenters. The third-order valence-electron chi connectivity index (χ3n) is 4.97. The van der Waals surface area contributed by atoms with Crippen LogP contribution in [-0.4, -0.2) is 19.7 Å². The maximum absolute atomic E-state index is 13.3. The first-order valence-corrected chi connectivity index (χ1v) is 11.0. The highest BCUT2D eigenvalue weighted by molar-refractivity contribution is 7.12. The Balaban J connectivity index is 1.87. The lowest BCUT2D eigenvalue weighted by Gasteiger charge is -2.14. The van der Waals surface area contributed by atoms with Crippen molar-refractivity contribution in [3.63, 3.8) is 0 Å². The Kier molecular flexibility index (Phi) is 5.91. The highest BCUT2D eigenvalue weighted by Crippen LogP contribution is 2.31. The number of hydrogen-bond acceptors (Lipinski definition) is 8. The molecule has 4 aromatic rings. The quantitative estimate of drug-likeness (QED) is 0.222. The molecule has 0 fully saturated rings. The molecule has 2 heterocycles. The zero-order valence-electron chi connectivity index (χ0n) is 18.5. The SMILES string of the molecule is CC(C)(C)c1csc(-n2[nH]c(-c3ccc([N+](=O)[O-])cc3)c(N=Nc3ccccc3C#N)c2=O)n1. The van der Waals surface area contributed by atoms with Gasteiger partial charge in [0.25, 0.3) is 5.69 Å². The van der Waals surface area contributed by atoms with Gasteiger partial charge in [-0.25, -0.2) is 4.98 Å². The zero-order chi connectivity index (χ0) is 24.5. The molecule has 10 nitrogen and oxygen atoms in total. The first-order chi connectivity index (χ1) is 16.2. The van der Waals surface area contributed by atoms with Crippen LogP contribution in [0.4, 0.5) is 17.1 Å². The van der Waals surface area contributed by atoms with Crippen LogP contribution in [0.5, 0.6) is 0 Å². The lowest BCUT2D eigenvalue weighted by molar-refractivity contribution is -0.384. The number of aromatic amines is 1. The van der Waals surface area contributed by atoms with Crippen molar-refractivity contribution in [3.8, 4) is 22.5 Å². The summed E-state index contributed by atoms with van der Waals surface area (Å²) < 4.78 is 1.28. The van der Waals surface area contributed by atoms with E-state index < -0.39 is 10.5 Å². The summed E-state index contributed by atoms with van der Waals surface area (Å²) in [4.78, 5) is 28.5. The summed E-state index contributed by atoms with van der Waals surface area (Å²) in [5, 5.41) is 34.0. The minimum absolute atomic E-state index is 0.00546. The number of nitriles is 1. The Labute approximate surface area is 198 Å². The third-order valence-corrected chi connectivity index (χ3v) is 5.79. The van der Waals surface area contributed by atoms with E-state index in [4.69, 9.17) is 0 Å². The molecule has 0 aliphatic rings. The summed E-state index contributed by atoms with van der Waals surface area (Å²) in [6.07, 6.45) is 0. The first kappa shape index (κ1) is 22.8. The maximum atomic E-state index is 13.3. The second-order valence-corrected chi connectivity index (χ2v) is 9.21. The van der Waals surface area contributed by atoms with Gasteiger partial charge in [0.05, 0.1) is 21.9 Å². The molecule has 2 aromatic carbocycles. The van der Waals surface area contributed by atoms with Gasteiger partial charge < -0.3 is 0 Å². The molecule has 0 saturated carbocycles. The average Bonchev–Trinajstić information content (AvgIpc) is 3.43. The highest BCUT2D eigenvalue weighted by Gasteiger charge is 2.22. The fourth-order valence-corrected chi connectivity index (χ4v) is 4.09. The molecular weight excluding hydrogens is 454 g/mol. The van der Waals surface area contributed by atoms with E-state index in [0.717, 1.165) is 5.69 Å². The smallest absolute Gasteiger partial charge is 0.286 e. The topological polar surface area (TPSA) is 142 Å². The molecule has 0 amide bonds. The standard InChI is InChI=1S/C23H19N7O3S/c1-23(2,3)18-13-34-22(25-18)29-21(31)20(27-26-17-7-5-4-6-15(17)12-24)19(28-29)14-8-10-16(11-9-14)30(32)33/h4-11,13,28H,1-3H3. The number of nitrogens with one attached hydrogen (secondary N) is 1. The van der Waals surface area contributed by atoms with Crippen LogP contribution in [0.25, 0.3) is 16.4 Å². The van der Waals surface area contributed by atoms with Gasteiger partial charge in [-0.3, -0.25) is 20.0 Å². The van der Waals surface area contributed by atoms with E-state index in [9.17, 15) is 20.2 Å². The van der Waals surface area contributed by atoms with Crippen LogP contribution in [0.3, 0.4) is 0 Å². The molecule has 2 aromatic heterocycles. The Morgan fingerprint density at radius 1 is 1.15 bits per heavy atom. The van der Waals surface area contributed by atoms with Crippen molar-refractivity contribution in [3.05, 3.63) is 85.6 Å². The van der Waals surface area contributed by atoms with E-state index in [0.29, 0.717) is 27.6 Å². The molecular formula is C23H19N7O3S. The van der Waals surface area contributed by atoms with Crippen LogP contribution in [0.2, 0.25) is 0 Å². The highest BCUT2D eigenvalue weighted by atomic mass is 32.1. The largest absolute Gasteiger partial charge is 0.301 e. The van der Waals surface area contributed by atoms with E-state index in [1.54, 1.807) is 24.3 Å². The van der Waals surface area contributed by atoms with Gasteiger partial charge in [0, 0.05) is 28.5 Å². The Morgan fingerprint density at radius 3 is 2.47 bits per heavy atom. The van der Waals surface area contributed by atoms with E-state index >= 15 is 0 Å². The van der Waals surface area contributed by atoms with Crippen LogP contribution in [-0.2, 0) is 5.41 Å². The summed E-state index contributed by atoms with van der Waals surface area (Å²) in [6, 6.07) is 14.4. The fourth-order valence-electron chi connectivity index (χ4n) is 3.08. The number of H-pyrrole nitrogens is 1. The summed E-state index contributed by atoms with van der Waals surface area (Å²) in [5.41, 5.74) is 1.53. The third kappa shape index (κ3) is 4.39. The van der Waals surface area contributed by atoms with Gasteiger partial charge in [0.15, 0.2) is 5.69 Å². The van der Waals surface area contributed by atoms with E-state index in [1.807, 2.05) is 32.2 Å². The molecule has 34 heavy (non-hydrogen) atoms. The lowest BCUT2D eigenvalue weighted by Crippen LogP contribution is -2.16. The van der Waals surface area contributed by atoms with Gasteiger partial charge in [-0.15, -0.1) is 21.6 Å². The van der Waals surface area contributed by atoms with Crippen molar-refractivity contribution >= 4 is 28.4 Å². The number of benzene rings is 2. The second-order valence-electron chi connectivity index (χ2n) is 8.37. The molecule has 0 aliphatic heterocycles. The zero-order valence-corrected chi connectivity index (χ0v) is 19.3. The summed E-state index contributed by atoms with van der Waals surface area (Å²) in [6.45, 7) is 6.08. The summed E-state index contributed by atoms with van der Waals surface area (Å²) in [7, 11) is 0. The summed E-state index contributed by atoms with van der Waals surface area (Å²) in [5.74, 6) is 0. The first-order valence-electron chi connectivity index (χ1n) is 10.2. The predicted octanol–water partition coefficient (Wildman–Crippen LogP) is 5.78. The van der Waals surface area contributed by atoms with Crippen LogP contribution in [0.1, 0.15) is 32.0 Å². The molecule has 0 aliphatic carbocycles. The van der Waals surface area contributed by atoms with Crippen LogP contribution < -0.4 is 5.56 Å². The van der Waals surface area contributed by atoms with Crippen molar-refractivity contribution < 1.29 is 4.92 Å². The maximum Gasteiger partial charge on any atom is 0.301 e. The van der Waals surface area contributed by atoms with Gasteiger partial charge in [-0.2, -0.15) is 9.94 Å². The Bertz CT molecular complexity index is 1500. The summed E-state index contributed by atoms with van der Waals surface area (Å²) >= 11 is 1.30. The number of rotatable bonds is 5. The van der Waals surface area contributed by atoms with E-state index in [2.05, 4.69) is 20.3 Å². The Hall–Kier alpha value is -4.43.